The van der Waals surface area contributed by atoms with Crippen LogP contribution in [0, 0.1) is 0 Å². The first-order valence-corrected chi connectivity index (χ1v) is 5.18. The molecule has 0 fully saturated rings. The van der Waals surface area contributed by atoms with E-state index in [1.807, 2.05) is 6.92 Å². The number of hydrogen-bond acceptors (Lipinski definition) is 3. The number of carboxylic acids is 2. The Bertz CT molecular complexity index is 248. The van der Waals surface area contributed by atoms with Gasteiger partial charge in [0.05, 0.1) is 0 Å². The number of rotatable bonds is 8. The predicted molar refractivity (Wildman–Crippen MR) is 56.0 cm³/mol. The molecule has 0 saturated heterocycles. The Hall–Kier alpha value is -1.59. The molecule has 92 valence electrons. The highest BCUT2D eigenvalue weighted by molar-refractivity contribution is 5.85. The van der Waals surface area contributed by atoms with E-state index in [-0.39, 0.29) is 6.42 Å². The maximum Gasteiger partial charge on any atom is 0.323 e. The molecule has 2 N–H and O–H groups in total. The Morgan fingerprint density at radius 2 is 1.50 bits per heavy atom. The number of carbonyl (C=O) groups is 3. The maximum absolute atomic E-state index is 11.5. The maximum atomic E-state index is 11.5. The Labute approximate surface area is 93.9 Å². The second-order valence-electron chi connectivity index (χ2n) is 3.49. The Balaban J connectivity index is 4.20. The number of unbranched alkanes of at least 4 members (excludes halogenated alkanes) is 2. The van der Waals surface area contributed by atoms with Crippen LogP contribution in [0.25, 0.3) is 0 Å². The summed E-state index contributed by atoms with van der Waals surface area (Å²) in [4.78, 5) is 33.2. The topological polar surface area (TPSA) is 94.9 Å². The Kier molecular flexibility index (Phi) is 6.91. The smallest absolute Gasteiger partial charge is 0.323 e. The lowest BCUT2D eigenvalue weighted by Gasteiger charge is -2.18. The average Bonchev–Trinajstić information content (AvgIpc) is 2.15. The van der Waals surface area contributed by atoms with Crippen molar-refractivity contribution in [2.75, 3.05) is 13.1 Å². The van der Waals surface area contributed by atoms with Crippen LogP contribution >= 0.6 is 0 Å². The summed E-state index contributed by atoms with van der Waals surface area (Å²) in [7, 11) is 0. The molecule has 0 aliphatic heterocycles. The van der Waals surface area contributed by atoms with Crippen molar-refractivity contribution in [2.24, 2.45) is 0 Å². The van der Waals surface area contributed by atoms with Gasteiger partial charge in [0.15, 0.2) is 0 Å². The summed E-state index contributed by atoms with van der Waals surface area (Å²) >= 11 is 0. The van der Waals surface area contributed by atoms with Crippen molar-refractivity contribution < 1.29 is 24.6 Å². The van der Waals surface area contributed by atoms with Crippen molar-refractivity contribution in [2.45, 2.75) is 32.6 Å². The molecule has 0 aromatic heterocycles. The number of carboxylic acid groups (broad SMARTS) is 2. The third-order valence-corrected chi connectivity index (χ3v) is 2.00. The van der Waals surface area contributed by atoms with E-state index in [0.717, 1.165) is 17.7 Å². The molecule has 16 heavy (non-hydrogen) atoms. The van der Waals surface area contributed by atoms with E-state index in [1.54, 1.807) is 0 Å². The summed E-state index contributed by atoms with van der Waals surface area (Å²) in [5, 5.41) is 17.1. The van der Waals surface area contributed by atoms with Gasteiger partial charge in [0, 0.05) is 6.42 Å². The van der Waals surface area contributed by atoms with Crippen molar-refractivity contribution in [3.8, 4) is 0 Å². The fourth-order valence-corrected chi connectivity index (χ4v) is 1.24. The normalized spacial score (nSPS) is 9.81. The molecule has 0 unspecified atom stereocenters. The summed E-state index contributed by atoms with van der Waals surface area (Å²) in [6.07, 6.45) is 2.68. The van der Waals surface area contributed by atoms with E-state index in [2.05, 4.69) is 0 Å². The van der Waals surface area contributed by atoms with Gasteiger partial charge in [-0.05, 0) is 6.42 Å². The number of aliphatic carboxylic acids is 2. The molecular weight excluding hydrogens is 214 g/mol. The highest BCUT2D eigenvalue weighted by Gasteiger charge is 2.18. The predicted octanol–water partition coefficient (Wildman–Crippen LogP) is 0.564. The minimum absolute atomic E-state index is 0.203. The van der Waals surface area contributed by atoms with E-state index in [9.17, 15) is 14.4 Å². The van der Waals surface area contributed by atoms with Crippen LogP contribution in [-0.4, -0.2) is 46.0 Å². The van der Waals surface area contributed by atoms with E-state index in [1.165, 1.54) is 0 Å². The molecule has 6 nitrogen and oxygen atoms in total. The van der Waals surface area contributed by atoms with Crippen LogP contribution < -0.4 is 0 Å². The zero-order chi connectivity index (χ0) is 12.6. The molecule has 0 spiro atoms. The van der Waals surface area contributed by atoms with Gasteiger partial charge in [-0.2, -0.15) is 0 Å². The van der Waals surface area contributed by atoms with Crippen LogP contribution in [0.3, 0.4) is 0 Å². The second-order valence-corrected chi connectivity index (χ2v) is 3.49. The van der Waals surface area contributed by atoms with Crippen molar-refractivity contribution in [1.29, 1.82) is 0 Å². The zero-order valence-electron chi connectivity index (χ0n) is 9.31. The zero-order valence-corrected chi connectivity index (χ0v) is 9.31. The molecule has 0 aliphatic carbocycles. The van der Waals surface area contributed by atoms with Gasteiger partial charge in [-0.3, -0.25) is 14.4 Å². The van der Waals surface area contributed by atoms with Crippen LogP contribution in [0.15, 0.2) is 0 Å². The highest BCUT2D eigenvalue weighted by atomic mass is 16.4. The molecule has 0 radical (unpaired) electrons. The molecule has 0 heterocycles. The molecule has 0 aromatic carbocycles. The van der Waals surface area contributed by atoms with E-state index in [0.29, 0.717) is 6.42 Å². The lowest BCUT2D eigenvalue weighted by molar-refractivity contribution is -0.149. The van der Waals surface area contributed by atoms with Gasteiger partial charge in [0.25, 0.3) is 0 Å². The number of nitrogens with zero attached hydrogens (tertiary/aromatic N) is 1. The van der Waals surface area contributed by atoms with Crippen LogP contribution in [0.1, 0.15) is 32.6 Å². The SMILES string of the molecule is CCCCCC(=O)N(CC(=O)O)CC(=O)O. The molecule has 0 aliphatic rings. The van der Waals surface area contributed by atoms with Gasteiger partial charge in [-0.15, -0.1) is 0 Å². The van der Waals surface area contributed by atoms with Gasteiger partial charge in [0.2, 0.25) is 5.91 Å². The van der Waals surface area contributed by atoms with Gasteiger partial charge < -0.3 is 15.1 Å². The standard InChI is InChI=1S/C10H17NO5/c1-2-3-4-5-8(12)11(6-9(13)14)7-10(15)16/h2-7H2,1H3,(H,13,14)(H,15,16). The number of carbonyl (C=O) groups excluding carboxylic acids is 1. The molecule has 0 aromatic rings. The third kappa shape index (κ3) is 6.80. The third-order valence-electron chi connectivity index (χ3n) is 2.00. The van der Waals surface area contributed by atoms with Crippen molar-refractivity contribution in [1.82, 2.24) is 4.90 Å². The van der Waals surface area contributed by atoms with Crippen LogP contribution in [0.2, 0.25) is 0 Å². The minimum atomic E-state index is -1.20. The molecule has 0 bridgehead atoms. The fourth-order valence-electron chi connectivity index (χ4n) is 1.24. The van der Waals surface area contributed by atoms with E-state index >= 15 is 0 Å². The summed E-state index contributed by atoms with van der Waals surface area (Å²) in [5.41, 5.74) is 0. The molecular formula is C10H17NO5. The van der Waals surface area contributed by atoms with Gasteiger partial charge in [-0.1, -0.05) is 19.8 Å². The number of amides is 1. The first-order valence-electron chi connectivity index (χ1n) is 5.18. The summed E-state index contributed by atoms with van der Waals surface area (Å²) in [5.74, 6) is -2.83. The molecule has 0 atom stereocenters. The highest BCUT2D eigenvalue weighted by Crippen LogP contribution is 2.03. The summed E-state index contributed by atoms with van der Waals surface area (Å²) in [6.45, 7) is 0.866. The van der Waals surface area contributed by atoms with Crippen LogP contribution in [0.5, 0.6) is 0 Å². The largest absolute Gasteiger partial charge is 0.480 e. The molecule has 0 rings (SSSR count). The molecule has 0 saturated carbocycles. The minimum Gasteiger partial charge on any atom is -0.480 e. The van der Waals surface area contributed by atoms with Crippen LogP contribution in [-0.2, 0) is 14.4 Å². The Morgan fingerprint density at radius 3 is 1.88 bits per heavy atom. The fraction of sp³-hybridized carbons (Fsp3) is 0.700. The second kappa shape index (κ2) is 7.67. The lowest BCUT2D eigenvalue weighted by atomic mass is 10.2. The quantitative estimate of drug-likeness (QED) is 0.595. The summed E-state index contributed by atoms with van der Waals surface area (Å²) < 4.78 is 0. The lowest BCUT2D eigenvalue weighted by Crippen LogP contribution is -2.39. The van der Waals surface area contributed by atoms with Crippen molar-refractivity contribution in [3.05, 3.63) is 0 Å². The van der Waals surface area contributed by atoms with Crippen LogP contribution in [0.4, 0.5) is 0 Å². The van der Waals surface area contributed by atoms with Crippen molar-refractivity contribution >= 4 is 17.8 Å². The van der Waals surface area contributed by atoms with E-state index < -0.39 is 30.9 Å². The van der Waals surface area contributed by atoms with Gasteiger partial charge in [0.1, 0.15) is 13.1 Å². The average molecular weight is 231 g/mol. The number of hydrogen-bond donors (Lipinski definition) is 2. The van der Waals surface area contributed by atoms with Gasteiger partial charge >= 0.3 is 11.9 Å². The first-order chi connectivity index (χ1) is 7.47. The Morgan fingerprint density at radius 1 is 1.00 bits per heavy atom. The summed E-state index contributed by atoms with van der Waals surface area (Å²) in [6, 6.07) is 0. The molecule has 1 amide bonds. The first kappa shape index (κ1) is 14.4. The van der Waals surface area contributed by atoms with Crippen molar-refractivity contribution in [3.63, 3.8) is 0 Å². The van der Waals surface area contributed by atoms with Gasteiger partial charge in [-0.25, -0.2) is 0 Å². The van der Waals surface area contributed by atoms with E-state index in [4.69, 9.17) is 10.2 Å². The molecule has 6 heteroatoms. The monoisotopic (exact) mass is 231 g/mol.